The van der Waals surface area contributed by atoms with Crippen LogP contribution in [0.3, 0.4) is 0 Å². The molecule has 2 aromatic carbocycles. The zero-order valence-electron chi connectivity index (χ0n) is 12.9. The molecular weight excluding hydrogens is 342 g/mol. The molecule has 0 fully saturated rings. The molecule has 0 saturated heterocycles. The monoisotopic (exact) mass is 353 g/mol. The van der Waals surface area contributed by atoms with Crippen molar-refractivity contribution in [2.75, 3.05) is 0 Å². The van der Waals surface area contributed by atoms with E-state index in [1.54, 1.807) is 24.3 Å². The first-order valence-corrected chi connectivity index (χ1v) is 7.90. The second kappa shape index (κ2) is 6.41. The zero-order valence-corrected chi connectivity index (χ0v) is 13.7. The van der Waals surface area contributed by atoms with Gasteiger partial charge in [-0.2, -0.15) is 5.10 Å². The first kappa shape index (κ1) is 15.4. The molecule has 4 aromatic rings. The number of rotatable bonds is 4. The summed E-state index contributed by atoms with van der Waals surface area (Å²) in [6.45, 7) is 0.147. The first-order chi connectivity index (χ1) is 12.2. The maximum atomic E-state index is 11.6. The van der Waals surface area contributed by atoms with Crippen LogP contribution in [-0.4, -0.2) is 15.2 Å². The molecule has 0 aliphatic heterocycles. The lowest BCUT2D eigenvalue weighted by molar-refractivity contribution is 0.297. The van der Waals surface area contributed by atoms with Crippen molar-refractivity contribution in [3.05, 3.63) is 75.9 Å². The predicted octanol–water partition coefficient (Wildman–Crippen LogP) is 3.81. The summed E-state index contributed by atoms with van der Waals surface area (Å²) in [6, 6.07) is 15.7. The number of halogens is 1. The molecule has 4 rings (SSSR count). The van der Waals surface area contributed by atoms with Gasteiger partial charge in [0.25, 0.3) is 0 Å². The van der Waals surface area contributed by atoms with Crippen molar-refractivity contribution in [3.8, 4) is 17.1 Å². The van der Waals surface area contributed by atoms with Gasteiger partial charge in [-0.3, -0.25) is 5.10 Å². The largest absolute Gasteiger partial charge is 0.485 e. The molecule has 0 spiro atoms. The first-order valence-electron chi connectivity index (χ1n) is 7.52. The van der Waals surface area contributed by atoms with Crippen LogP contribution in [0, 0.1) is 0 Å². The number of aromatic amines is 1. The number of benzene rings is 2. The van der Waals surface area contributed by atoms with E-state index in [1.807, 2.05) is 24.3 Å². The highest BCUT2D eigenvalue weighted by Gasteiger charge is 2.09. The summed E-state index contributed by atoms with van der Waals surface area (Å²) in [5.74, 6) is 1.53. The minimum absolute atomic E-state index is 0.147. The maximum absolute atomic E-state index is 11.6. The quantitative estimate of drug-likeness (QED) is 0.564. The Bertz CT molecular complexity index is 1090. The smallest absolute Gasteiger partial charge is 0.339 e. The molecule has 124 valence electrons. The summed E-state index contributed by atoms with van der Waals surface area (Å²) >= 11 is 5.88. The molecule has 0 bridgehead atoms. The standard InChI is InChI=1S/C18H12ClN3O3/c19-12-7-5-11(6-8-12)18-20-16(21-22-18)10-24-15-9-17(23)25-14-4-2-1-3-13(14)15/h1-9H,10H2,(H,20,21,22). The van der Waals surface area contributed by atoms with Gasteiger partial charge in [0.05, 0.1) is 11.5 Å². The van der Waals surface area contributed by atoms with Gasteiger partial charge >= 0.3 is 5.63 Å². The van der Waals surface area contributed by atoms with Crippen LogP contribution in [0.25, 0.3) is 22.4 Å². The molecule has 2 heterocycles. The predicted molar refractivity (Wildman–Crippen MR) is 93.6 cm³/mol. The van der Waals surface area contributed by atoms with Crippen LogP contribution < -0.4 is 10.4 Å². The Kier molecular flexibility index (Phi) is 3.95. The second-order valence-electron chi connectivity index (χ2n) is 5.33. The molecule has 0 aliphatic rings. The van der Waals surface area contributed by atoms with Gasteiger partial charge in [0.1, 0.15) is 17.9 Å². The van der Waals surface area contributed by atoms with Crippen molar-refractivity contribution < 1.29 is 9.15 Å². The molecule has 25 heavy (non-hydrogen) atoms. The van der Waals surface area contributed by atoms with Crippen LogP contribution in [0.5, 0.6) is 5.75 Å². The molecular formula is C18H12ClN3O3. The Labute approximate surface area is 147 Å². The molecule has 0 amide bonds. The molecule has 0 radical (unpaired) electrons. The van der Waals surface area contributed by atoms with Crippen molar-refractivity contribution in [2.45, 2.75) is 6.61 Å². The van der Waals surface area contributed by atoms with Crippen molar-refractivity contribution in [3.63, 3.8) is 0 Å². The molecule has 0 atom stereocenters. The molecule has 7 heteroatoms. The summed E-state index contributed by atoms with van der Waals surface area (Å²) in [7, 11) is 0. The molecule has 2 aromatic heterocycles. The number of nitrogens with zero attached hydrogens (tertiary/aromatic N) is 2. The van der Waals surface area contributed by atoms with Crippen LogP contribution in [-0.2, 0) is 6.61 Å². The van der Waals surface area contributed by atoms with Gasteiger partial charge in [0, 0.05) is 10.6 Å². The van der Waals surface area contributed by atoms with Crippen molar-refractivity contribution in [1.82, 2.24) is 15.2 Å². The normalized spacial score (nSPS) is 10.9. The fourth-order valence-corrected chi connectivity index (χ4v) is 2.56. The fourth-order valence-electron chi connectivity index (χ4n) is 2.44. The van der Waals surface area contributed by atoms with Gasteiger partial charge in [0.15, 0.2) is 11.6 Å². The van der Waals surface area contributed by atoms with Crippen LogP contribution >= 0.6 is 11.6 Å². The van der Waals surface area contributed by atoms with Crippen LogP contribution in [0.1, 0.15) is 5.82 Å². The summed E-state index contributed by atoms with van der Waals surface area (Å²) in [4.78, 5) is 16.0. The van der Waals surface area contributed by atoms with E-state index in [0.29, 0.717) is 28.0 Å². The minimum Gasteiger partial charge on any atom is -0.485 e. The molecule has 0 aliphatic carbocycles. The van der Waals surface area contributed by atoms with E-state index in [0.717, 1.165) is 10.9 Å². The summed E-state index contributed by atoms with van der Waals surface area (Å²) in [6.07, 6.45) is 0. The van der Waals surface area contributed by atoms with E-state index in [1.165, 1.54) is 6.07 Å². The third-order valence-electron chi connectivity index (χ3n) is 3.61. The molecule has 0 saturated carbocycles. The highest BCUT2D eigenvalue weighted by Crippen LogP contribution is 2.24. The number of para-hydroxylation sites is 1. The third kappa shape index (κ3) is 3.25. The third-order valence-corrected chi connectivity index (χ3v) is 3.86. The maximum Gasteiger partial charge on any atom is 0.339 e. The van der Waals surface area contributed by atoms with Gasteiger partial charge in [-0.05, 0) is 36.4 Å². The van der Waals surface area contributed by atoms with Gasteiger partial charge in [-0.1, -0.05) is 23.7 Å². The molecule has 1 N–H and O–H groups in total. The van der Waals surface area contributed by atoms with Crippen molar-refractivity contribution in [1.29, 1.82) is 0 Å². The number of hydrogen-bond donors (Lipinski definition) is 1. The van der Waals surface area contributed by atoms with E-state index < -0.39 is 5.63 Å². The summed E-state index contributed by atoms with van der Waals surface area (Å²) in [5, 5.41) is 8.37. The Morgan fingerprint density at radius 3 is 2.76 bits per heavy atom. The van der Waals surface area contributed by atoms with Crippen LogP contribution in [0.4, 0.5) is 0 Å². The van der Waals surface area contributed by atoms with E-state index in [2.05, 4.69) is 15.2 Å². The highest BCUT2D eigenvalue weighted by molar-refractivity contribution is 6.30. The lowest BCUT2D eigenvalue weighted by atomic mass is 10.2. The minimum atomic E-state index is -0.465. The van der Waals surface area contributed by atoms with Crippen LogP contribution in [0.15, 0.2) is 63.8 Å². The second-order valence-corrected chi connectivity index (χ2v) is 5.76. The Morgan fingerprint density at radius 1 is 1.12 bits per heavy atom. The number of H-pyrrole nitrogens is 1. The lowest BCUT2D eigenvalue weighted by Gasteiger charge is -2.06. The number of nitrogens with one attached hydrogen (secondary N) is 1. The van der Waals surface area contributed by atoms with Gasteiger partial charge in [-0.15, -0.1) is 0 Å². The Morgan fingerprint density at radius 2 is 1.92 bits per heavy atom. The van der Waals surface area contributed by atoms with E-state index in [9.17, 15) is 4.79 Å². The highest BCUT2D eigenvalue weighted by atomic mass is 35.5. The number of ether oxygens (including phenoxy) is 1. The Balaban J connectivity index is 1.56. The number of fused-ring (bicyclic) bond motifs is 1. The number of hydrogen-bond acceptors (Lipinski definition) is 5. The van der Waals surface area contributed by atoms with Gasteiger partial charge in [0.2, 0.25) is 0 Å². The molecule has 6 nitrogen and oxygen atoms in total. The Hall–Kier alpha value is -3.12. The van der Waals surface area contributed by atoms with E-state index >= 15 is 0 Å². The molecule has 0 unspecified atom stereocenters. The lowest BCUT2D eigenvalue weighted by Crippen LogP contribution is -2.03. The average Bonchev–Trinajstić information content (AvgIpc) is 3.09. The van der Waals surface area contributed by atoms with E-state index in [-0.39, 0.29) is 6.61 Å². The van der Waals surface area contributed by atoms with Crippen molar-refractivity contribution >= 4 is 22.6 Å². The van der Waals surface area contributed by atoms with E-state index in [4.69, 9.17) is 20.8 Å². The zero-order chi connectivity index (χ0) is 17.2. The van der Waals surface area contributed by atoms with Gasteiger partial charge < -0.3 is 9.15 Å². The van der Waals surface area contributed by atoms with Crippen molar-refractivity contribution in [2.24, 2.45) is 0 Å². The average molecular weight is 354 g/mol. The van der Waals surface area contributed by atoms with Gasteiger partial charge in [-0.25, -0.2) is 9.78 Å². The van der Waals surface area contributed by atoms with Crippen LogP contribution in [0.2, 0.25) is 5.02 Å². The summed E-state index contributed by atoms with van der Waals surface area (Å²) in [5.41, 5.74) is 0.857. The number of aromatic nitrogens is 3. The summed E-state index contributed by atoms with van der Waals surface area (Å²) < 4.78 is 10.9. The topological polar surface area (TPSA) is 81.0 Å². The SMILES string of the molecule is O=c1cc(OCc2nc(-c3ccc(Cl)cc3)n[nH]2)c2ccccc2o1. The fraction of sp³-hybridized carbons (Fsp3) is 0.0556.